The molecule has 3 rings (SSSR count). The van der Waals surface area contributed by atoms with Gasteiger partial charge >= 0.3 is 0 Å². The van der Waals surface area contributed by atoms with Crippen molar-refractivity contribution in [1.82, 2.24) is 9.97 Å². The summed E-state index contributed by atoms with van der Waals surface area (Å²) in [5, 5.41) is 0. The van der Waals surface area contributed by atoms with Gasteiger partial charge in [0.25, 0.3) is 0 Å². The van der Waals surface area contributed by atoms with Crippen LogP contribution in [0.5, 0.6) is 0 Å². The van der Waals surface area contributed by atoms with E-state index in [0.29, 0.717) is 19.6 Å². The molecule has 0 aliphatic carbocycles. The number of sulfone groups is 1. The van der Waals surface area contributed by atoms with Gasteiger partial charge in [-0.1, -0.05) is 12.1 Å². The highest BCUT2D eigenvalue weighted by molar-refractivity contribution is 7.90. The summed E-state index contributed by atoms with van der Waals surface area (Å²) >= 11 is 0. The predicted octanol–water partition coefficient (Wildman–Crippen LogP) is 2.62. The minimum atomic E-state index is -3.30. The van der Waals surface area contributed by atoms with E-state index in [4.69, 9.17) is 4.74 Å². The van der Waals surface area contributed by atoms with Gasteiger partial charge in [0.2, 0.25) is 0 Å². The van der Waals surface area contributed by atoms with Crippen molar-refractivity contribution < 1.29 is 22.7 Å². The minimum Gasteiger partial charge on any atom is -0.381 e. The fraction of sp³-hybridized carbons (Fsp3) is 0.429. The Hall–Kier alpha value is -2.45. The third-order valence-electron chi connectivity index (χ3n) is 5.14. The molecular weight excluding hydrogens is 392 g/mol. The van der Waals surface area contributed by atoms with Crippen LogP contribution in [-0.2, 0) is 19.4 Å². The van der Waals surface area contributed by atoms with Gasteiger partial charge < -0.3 is 4.74 Å². The summed E-state index contributed by atoms with van der Waals surface area (Å²) in [6.07, 6.45) is 7.16. The van der Waals surface area contributed by atoms with Gasteiger partial charge in [-0.15, -0.1) is 0 Å². The van der Waals surface area contributed by atoms with Gasteiger partial charge in [0.05, 0.1) is 11.1 Å². The summed E-state index contributed by atoms with van der Waals surface area (Å²) in [5.41, 5.74) is 1.01. The molecule has 2 heterocycles. The van der Waals surface area contributed by atoms with E-state index >= 15 is 0 Å². The van der Waals surface area contributed by atoms with Crippen molar-refractivity contribution in [2.75, 3.05) is 19.5 Å². The first-order chi connectivity index (χ1) is 13.8. The highest BCUT2D eigenvalue weighted by Crippen LogP contribution is 2.31. The number of hydrogen-bond acceptors (Lipinski definition) is 7. The quantitative estimate of drug-likeness (QED) is 0.579. The van der Waals surface area contributed by atoms with Gasteiger partial charge in [-0.2, -0.15) is 0 Å². The molecule has 1 aliphatic heterocycles. The highest BCUT2D eigenvalue weighted by Gasteiger charge is 2.27. The molecular formula is C21H24N2O5S. The molecule has 0 saturated carbocycles. The van der Waals surface area contributed by atoms with Gasteiger partial charge in [-0.05, 0) is 36.5 Å². The molecule has 0 bridgehead atoms. The summed E-state index contributed by atoms with van der Waals surface area (Å²) in [6.45, 7) is 1.30. The molecule has 1 saturated heterocycles. The van der Waals surface area contributed by atoms with Gasteiger partial charge in [-0.3, -0.25) is 14.6 Å². The molecule has 2 atom stereocenters. The molecule has 0 N–H and O–H groups in total. The van der Waals surface area contributed by atoms with Gasteiger partial charge in [-0.25, -0.2) is 13.4 Å². The number of aromatic nitrogens is 2. The number of ether oxygens (including phenoxy) is 1. The maximum absolute atomic E-state index is 13.0. The summed E-state index contributed by atoms with van der Waals surface area (Å²) in [5.74, 6) is -0.387. The smallest absolute Gasteiger partial charge is 0.183 e. The Labute approximate surface area is 170 Å². The number of benzene rings is 1. The van der Waals surface area contributed by atoms with Gasteiger partial charge in [0.1, 0.15) is 11.5 Å². The molecule has 0 radical (unpaired) electrons. The van der Waals surface area contributed by atoms with E-state index in [0.717, 1.165) is 18.2 Å². The van der Waals surface area contributed by atoms with Crippen LogP contribution in [0.15, 0.2) is 47.8 Å². The second-order valence-electron chi connectivity index (χ2n) is 7.34. The SMILES string of the molecule is CS(=O)(=O)c1ccc(C(CC2CCOC2)C(=O)CCC(=O)c2cnccn2)cc1. The molecule has 154 valence electrons. The lowest BCUT2D eigenvalue weighted by Gasteiger charge is -2.19. The fourth-order valence-corrected chi connectivity index (χ4v) is 4.12. The average Bonchev–Trinajstić information content (AvgIpc) is 3.23. The Morgan fingerprint density at radius 2 is 1.93 bits per heavy atom. The van der Waals surface area contributed by atoms with Crippen molar-refractivity contribution in [3.8, 4) is 0 Å². The first-order valence-corrected chi connectivity index (χ1v) is 11.4. The van der Waals surface area contributed by atoms with Crippen LogP contribution in [-0.4, -0.2) is 49.4 Å². The number of carbonyl (C=O) groups excluding carboxylic acids is 2. The van der Waals surface area contributed by atoms with Crippen LogP contribution in [0.2, 0.25) is 0 Å². The molecule has 8 heteroatoms. The molecule has 0 amide bonds. The lowest BCUT2D eigenvalue weighted by molar-refractivity contribution is -0.120. The van der Waals surface area contributed by atoms with Crippen molar-refractivity contribution in [2.45, 2.75) is 36.5 Å². The fourth-order valence-electron chi connectivity index (χ4n) is 3.49. The van der Waals surface area contributed by atoms with E-state index in [9.17, 15) is 18.0 Å². The van der Waals surface area contributed by atoms with Crippen LogP contribution in [0, 0.1) is 5.92 Å². The first kappa shape index (κ1) is 21.3. The average molecular weight is 416 g/mol. The summed E-state index contributed by atoms with van der Waals surface area (Å²) < 4.78 is 28.8. The van der Waals surface area contributed by atoms with Gasteiger partial charge in [0.15, 0.2) is 15.6 Å². The van der Waals surface area contributed by atoms with Crippen molar-refractivity contribution in [3.63, 3.8) is 0 Å². The zero-order valence-corrected chi connectivity index (χ0v) is 17.1. The van der Waals surface area contributed by atoms with Crippen molar-refractivity contribution in [1.29, 1.82) is 0 Å². The maximum atomic E-state index is 13.0. The Morgan fingerprint density at radius 3 is 2.52 bits per heavy atom. The molecule has 2 aromatic rings. The van der Waals surface area contributed by atoms with Crippen LogP contribution >= 0.6 is 0 Å². The van der Waals surface area contributed by atoms with Crippen LogP contribution in [0.3, 0.4) is 0 Å². The maximum Gasteiger partial charge on any atom is 0.183 e. The Bertz CT molecular complexity index is 952. The van der Waals surface area contributed by atoms with E-state index < -0.39 is 15.8 Å². The van der Waals surface area contributed by atoms with Crippen LogP contribution in [0.4, 0.5) is 0 Å². The standard InChI is InChI=1S/C21H24N2O5S/c1-29(26,27)17-4-2-16(3-5-17)18(12-15-8-11-28-14-15)20(24)6-7-21(25)19-13-22-9-10-23-19/h2-5,9-10,13,15,18H,6-8,11-12,14H2,1H3. The third-order valence-corrected chi connectivity index (χ3v) is 6.27. The molecule has 1 fully saturated rings. The highest BCUT2D eigenvalue weighted by atomic mass is 32.2. The lowest BCUT2D eigenvalue weighted by Crippen LogP contribution is -2.18. The topological polar surface area (TPSA) is 103 Å². The summed E-state index contributed by atoms with van der Waals surface area (Å²) in [6, 6.07) is 6.44. The van der Waals surface area contributed by atoms with Crippen molar-refractivity contribution in [3.05, 3.63) is 54.1 Å². The summed E-state index contributed by atoms with van der Waals surface area (Å²) in [4.78, 5) is 33.3. The molecule has 29 heavy (non-hydrogen) atoms. The molecule has 1 aromatic heterocycles. The Morgan fingerprint density at radius 1 is 1.17 bits per heavy atom. The minimum absolute atomic E-state index is 0.0405. The van der Waals surface area contributed by atoms with E-state index in [1.165, 1.54) is 30.7 Å². The Balaban J connectivity index is 1.73. The second kappa shape index (κ2) is 9.37. The first-order valence-electron chi connectivity index (χ1n) is 9.54. The van der Waals surface area contributed by atoms with E-state index in [1.807, 2.05) is 0 Å². The number of ketones is 2. The van der Waals surface area contributed by atoms with Crippen molar-refractivity contribution in [2.24, 2.45) is 5.92 Å². The normalized spacial score (nSPS) is 17.8. The van der Waals surface area contributed by atoms with Crippen LogP contribution < -0.4 is 0 Å². The van der Waals surface area contributed by atoms with E-state index in [1.54, 1.807) is 12.1 Å². The van der Waals surface area contributed by atoms with Crippen LogP contribution in [0.25, 0.3) is 0 Å². The molecule has 2 unspecified atom stereocenters. The molecule has 1 aromatic carbocycles. The lowest BCUT2D eigenvalue weighted by atomic mass is 9.83. The number of nitrogens with zero attached hydrogens (tertiary/aromatic N) is 2. The molecule has 7 nitrogen and oxygen atoms in total. The molecule has 1 aliphatic rings. The second-order valence-corrected chi connectivity index (χ2v) is 9.35. The van der Waals surface area contributed by atoms with Crippen LogP contribution in [0.1, 0.15) is 47.7 Å². The molecule has 0 spiro atoms. The Kier molecular flexibility index (Phi) is 6.87. The third kappa shape index (κ3) is 5.77. The van der Waals surface area contributed by atoms with E-state index in [-0.39, 0.29) is 40.9 Å². The number of hydrogen-bond donors (Lipinski definition) is 0. The zero-order chi connectivity index (χ0) is 20.9. The number of rotatable bonds is 9. The largest absolute Gasteiger partial charge is 0.381 e. The van der Waals surface area contributed by atoms with E-state index in [2.05, 4.69) is 9.97 Å². The van der Waals surface area contributed by atoms with Crippen molar-refractivity contribution >= 4 is 21.4 Å². The summed E-state index contributed by atoms with van der Waals surface area (Å²) in [7, 11) is -3.30. The van der Waals surface area contributed by atoms with Gasteiger partial charge in [0, 0.05) is 50.6 Å². The number of carbonyl (C=O) groups is 2. The monoisotopic (exact) mass is 416 g/mol. The number of Topliss-reactive ketones (excluding diaryl/α,β-unsaturated/α-hetero) is 2. The zero-order valence-electron chi connectivity index (χ0n) is 16.3. The predicted molar refractivity (Wildman–Crippen MR) is 106 cm³/mol.